The van der Waals surface area contributed by atoms with E-state index >= 15 is 0 Å². The summed E-state index contributed by atoms with van der Waals surface area (Å²) in [6.45, 7) is 2.55. The highest BCUT2D eigenvalue weighted by molar-refractivity contribution is 6.80. The van der Waals surface area contributed by atoms with Gasteiger partial charge in [-0.05, 0) is 43.7 Å². The summed E-state index contributed by atoms with van der Waals surface area (Å²) in [4.78, 5) is 21.2. The molecule has 0 aliphatic heterocycles. The van der Waals surface area contributed by atoms with E-state index in [9.17, 15) is 9.59 Å². The molecule has 0 saturated heterocycles. The molecule has 0 amide bonds. The Bertz CT molecular complexity index is 340. The highest BCUT2D eigenvalue weighted by Crippen LogP contribution is 2.10. The Morgan fingerprint density at radius 2 is 1.21 bits per heavy atom. The Balaban J connectivity index is 3.15. The van der Waals surface area contributed by atoms with Gasteiger partial charge in [0.1, 0.15) is 0 Å². The first-order valence-corrected chi connectivity index (χ1v) is 10.1. The van der Waals surface area contributed by atoms with Gasteiger partial charge in [-0.3, -0.25) is 4.79 Å². The van der Waals surface area contributed by atoms with Crippen LogP contribution in [0, 0.1) is 0 Å². The van der Waals surface area contributed by atoms with Gasteiger partial charge in [0.25, 0.3) is 0 Å². The molecule has 0 radical (unpaired) electrons. The van der Waals surface area contributed by atoms with Crippen molar-refractivity contribution in [3.05, 3.63) is 12.2 Å². The summed E-state index contributed by atoms with van der Waals surface area (Å²) in [7, 11) is 0. The van der Waals surface area contributed by atoms with Gasteiger partial charge in [0.2, 0.25) is 0 Å². The summed E-state index contributed by atoms with van der Waals surface area (Å²) < 4.78 is 4.69. The largest absolute Gasteiger partial charge is 0.459 e. The van der Waals surface area contributed by atoms with Crippen molar-refractivity contribution in [2.75, 3.05) is 6.61 Å². The Hall–Kier alpha value is -0.830. The Labute approximate surface area is 153 Å². The number of ether oxygens (including phenoxy) is 1. The summed E-state index contributed by atoms with van der Waals surface area (Å²) in [6, 6.07) is 0. The normalized spacial score (nSPS) is 11.1. The first kappa shape index (κ1) is 23.2. The summed E-state index contributed by atoms with van der Waals surface area (Å²) in [5.41, 5.74) is 0. The average Bonchev–Trinajstić information content (AvgIpc) is 2.57. The fourth-order valence-corrected chi connectivity index (χ4v) is 2.63. The molecule has 0 aromatic carbocycles. The van der Waals surface area contributed by atoms with Crippen LogP contribution in [0.1, 0.15) is 96.8 Å². The molecular formula is C20H35ClO3. The van der Waals surface area contributed by atoms with Crippen molar-refractivity contribution in [3.63, 3.8) is 0 Å². The van der Waals surface area contributed by atoms with Crippen LogP contribution < -0.4 is 0 Å². The third-order valence-corrected chi connectivity index (χ3v) is 4.20. The van der Waals surface area contributed by atoms with Crippen LogP contribution in [0.25, 0.3) is 0 Å². The molecule has 0 saturated carbocycles. The first-order valence-electron chi connectivity index (χ1n) is 9.70. The lowest BCUT2D eigenvalue weighted by Gasteiger charge is -2.02. The molecule has 0 heterocycles. The number of unbranched alkanes of at least 4 members (excludes halogenated alkanes) is 12. The van der Waals surface area contributed by atoms with E-state index in [1.54, 1.807) is 0 Å². The topological polar surface area (TPSA) is 43.4 Å². The van der Waals surface area contributed by atoms with Crippen molar-refractivity contribution >= 4 is 22.8 Å². The maximum atomic E-state index is 10.8. The van der Waals surface area contributed by atoms with Gasteiger partial charge < -0.3 is 4.74 Å². The molecule has 0 fully saturated rings. The molecule has 0 rings (SSSR count). The minimum atomic E-state index is -1.04. The summed E-state index contributed by atoms with van der Waals surface area (Å²) in [5, 5.41) is -1.04. The standard InChI is InChI=1S/C20H35ClO3/c1-2-3-4-5-6-7-8-9-10-11-12-13-14-15-16-17-18-24-20(23)19(21)22/h9-10H,2-8,11-18H2,1H3/b10-9+. The number of hydrogen-bond donors (Lipinski definition) is 0. The van der Waals surface area contributed by atoms with Gasteiger partial charge in [0.05, 0.1) is 6.61 Å². The van der Waals surface area contributed by atoms with Gasteiger partial charge in [-0.2, -0.15) is 0 Å². The Kier molecular flexibility index (Phi) is 17.9. The molecule has 0 aromatic heterocycles. The van der Waals surface area contributed by atoms with Crippen LogP contribution in [0.15, 0.2) is 12.2 Å². The molecule has 0 spiro atoms. The van der Waals surface area contributed by atoms with Gasteiger partial charge in [-0.25, -0.2) is 4.79 Å². The Morgan fingerprint density at radius 3 is 1.71 bits per heavy atom. The Morgan fingerprint density at radius 1 is 0.750 bits per heavy atom. The van der Waals surface area contributed by atoms with E-state index in [2.05, 4.69) is 19.1 Å². The van der Waals surface area contributed by atoms with E-state index in [4.69, 9.17) is 16.3 Å². The van der Waals surface area contributed by atoms with Crippen molar-refractivity contribution in [1.29, 1.82) is 0 Å². The number of rotatable bonds is 17. The molecule has 0 atom stereocenters. The SMILES string of the molecule is CCCCCCCC/C=C/CCCCCCCCOC(=O)C(=O)Cl. The van der Waals surface area contributed by atoms with Crippen molar-refractivity contribution in [1.82, 2.24) is 0 Å². The van der Waals surface area contributed by atoms with Crippen LogP contribution in [0.5, 0.6) is 0 Å². The molecule has 0 aromatic rings. The molecule has 24 heavy (non-hydrogen) atoms. The second kappa shape index (κ2) is 18.5. The number of carbonyl (C=O) groups excluding carboxylic acids is 2. The smallest absolute Gasteiger partial charge is 0.391 e. The predicted molar refractivity (Wildman–Crippen MR) is 101 cm³/mol. The summed E-state index contributed by atoms with van der Waals surface area (Å²) >= 11 is 4.99. The third-order valence-electron chi connectivity index (χ3n) is 4.05. The van der Waals surface area contributed by atoms with E-state index in [1.165, 1.54) is 70.6 Å². The van der Waals surface area contributed by atoms with E-state index in [-0.39, 0.29) is 0 Å². The maximum absolute atomic E-state index is 10.8. The fraction of sp³-hybridized carbons (Fsp3) is 0.800. The second-order valence-corrected chi connectivity index (χ2v) is 6.69. The van der Waals surface area contributed by atoms with E-state index in [0.717, 1.165) is 19.3 Å². The van der Waals surface area contributed by atoms with Crippen LogP contribution in [-0.4, -0.2) is 17.8 Å². The monoisotopic (exact) mass is 358 g/mol. The molecule has 140 valence electrons. The lowest BCUT2D eigenvalue weighted by atomic mass is 10.1. The molecule has 0 unspecified atom stereocenters. The highest BCUT2D eigenvalue weighted by Gasteiger charge is 2.10. The van der Waals surface area contributed by atoms with E-state index < -0.39 is 11.2 Å². The number of esters is 1. The number of carbonyl (C=O) groups is 2. The van der Waals surface area contributed by atoms with Crippen LogP contribution in [-0.2, 0) is 14.3 Å². The number of halogens is 1. The minimum Gasteiger partial charge on any atom is -0.459 e. The fourth-order valence-electron chi connectivity index (χ4n) is 2.57. The minimum absolute atomic E-state index is 0.290. The zero-order valence-electron chi connectivity index (χ0n) is 15.4. The van der Waals surface area contributed by atoms with E-state index in [0.29, 0.717) is 6.61 Å². The molecule has 0 N–H and O–H groups in total. The first-order chi connectivity index (χ1) is 11.7. The quantitative estimate of drug-likeness (QED) is 0.100. The highest BCUT2D eigenvalue weighted by atomic mass is 35.5. The maximum Gasteiger partial charge on any atom is 0.391 e. The van der Waals surface area contributed by atoms with Crippen molar-refractivity contribution in [3.8, 4) is 0 Å². The van der Waals surface area contributed by atoms with Crippen molar-refractivity contribution in [2.45, 2.75) is 96.8 Å². The summed E-state index contributed by atoms with van der Waals surface area (Å²) in [6.07, 6.45) is 22.0. The lowest BCUT2D eigenvalue weighted by Crippen LogP contribution is -2.12. The van der Waals surface area contributed by atoms with Gasteiger partial charge in [0.15, 0.2) is 0 Å². The zero-order valence-corrected chi connectivity index (χ0v) is 16.1. The molecule has 0 aliphatic rings. The number of allylic oxidation sites excluding steroid dienone is 2. The predicted octanol–water partition coefficient (Wildman–Crippen LogP) is 6.33. The van der Waals surface area contributed by atoms with Crippen LogP contribution in [0.2, 0.25) is 0 Å². The van der Waals surface area contributed by atoms with Crippen molar-refractivity contribution in [2.24, 2.45) is 0 Å². The lowest BCUT2D eigenvalue weighted by molar-refractivity contribution is -0.150. The van der Waals surface area contributed by atoms with Crippen LogP contribution in [0.4, 0.5) is 0 Å². The molecular weight excluding hydrogens is 324 g/mol. The number of hydrogen-bond acceptors (Lipinski definition) is 3. The van der Waals surface area contributed by atoms with Crippen LogP contribution >= 0.6 is 11.6 Å². The zero-order chi connectivity index (χ0) is 17.9. The van der Waals surface area contributed by atoms with Crippen molar-refractivity contribution < 1.29 is 14.3 Å². The van der Waals surface area contributed by atoms with Gasteiger partial charge in [-0.1, -0.05) is 76.9 Å². The van der Waals surface area contributed by atoms with Crippen LogP contribution in [0.3, 0.4) is 0 Å². The van der Waals surface area contributed by atoms with Gasteiger partial charge in [0, 0.05) is 0 Å². The summed E-state index contributed by atoms with van der Waals surface area (Å²) in [5.74, 6) is -0.940. The van der Waals surface area contributed by atoms with E-state index in [1.807, 2.05) is 0 Å². The molecule has 3 nitrogen and oxygen atoms in total. The third kappa shape index (κ3) is 17.5. The average molecular weight is 359 g/mol. The second-order valence-electron chi connectivity index (χ2n) is 6.35. The van der Waals surface area contributed by atoms with Gasteiger partial charge >= 0.3 is 11.2 Å². The molecule has 0 aliphatic carbocycles. The molecule has 4 heteroatoms. The molecule has 0 bridgehead atoms. The van der Waals surface area contributed by atoms with Gasteiger partial charge in [-0.15, -0.1) is 0 Å².